The van der Waals surface area contributed by atoms with Gasteiger partial charge < -0.3 is 82.8 Å². The van der Waals surface area contributed by atoms with E-state index in [1.807, 2.05) is 5.32 Å². The van der Waals surface area contributed by atoms with E-state index < -0.39 is 146 Å². The second-order valence-electron chi connectivity index (χ2n) is 14.6. The molecule has 0 unspecified atom stereocenters. The number of nitrogens with one attached hydrogen (secondary N) is 4. The van der Waals surface area contributed by atoms with E-state index >= 15 is 0 Å². The fraction of sp³-hybridized carbons (Fsp3) is 0.647. The molecule has 4 rings (SSSR count). The van der Waals surface area contributed by atoms with Crippen LogP contribution in [0.5, 0.6) is 5.75 Å². The fourth-order valence-corrected chi connectivity index (χ4v) is 6.92. The molecule has 0 aliphatic carbocycles. The number of carbonyl (C=O) groups excluding carboxylic acids is 6. The van der Waals surface area contributed by atoms with Crippen LogP contribution < -0.4 is 27.0 Å². The summed E-state index contributed by atoms with van der Waals surface area (Å²) in [6.07, 6.45) is -15.8. The minimum absolute atomic E-state index is 0.0501. The molecule has 15 N–H and O–H groups in total. The highest BCUT2D eigenvalue weighted by Crippen LogP contribution is 2.27. The first-order valence-electron chi connectivity index (χ1n) is 18.0. The summed E-state index contributed by atoms with van der Waals surface area (Å²) >= 11 is 0. The van der Waals surface area contributed by atoms with Crippen LogP contribution in [0, 0.1) is 5.92 Å². The molecule has 0 bridgehead atoms. The summed E-state index contributed by atoms with van der Waals surface area (Å²) in [6.45, 7) is 2.85. The summed E-state index contributed by atoms with van der Waals surface area (Å²) in [5.41, 5.74) is 5.88. The normalized spacial score (nSPS) is 35.2. The predicted octanol–water partition coefficient (Wildman–Crippen LogP) is -7.30. The lowest BCUT2D eigenvalue weighted by atomic mass is 9.96. The summed E-state index contributed by atoms with van der Waals surface area (Å²) in [7, 11) is 0. The van der Waals surface area contributed by atoms with Gasteiger partial charge in [0.25, 0.3) is 0 Å². The van der Waals surface area contributed by atoms with Crippen molar-refractivity contribution in [3.05, 3.63) is 29.8 Å². The molecular weight excluding hydrogens is 746 g/mol. The zero-order valence-corrected chi connectivity index (χ0v) is 30.7. The Kier molecular flexibility index (Phi) is 14.3. The number of phenolic OH excluding ortho intramolecular Hbond substituents is 1. The molecule has 56 heavy (non-hydrogen) atoms. The van der Waals surface area contributed by atoms with Gasteiger partial charge in [0, 0.05) is 31.8 Å². The number of fused-ring (bicyclic) bond motifs is 2. The average molecular weight is 798 g/mol. The maximum absolute atomic E-state index is 14.0. The molecule has 6 amide bonds. The highest BCUT2D eigenvalue weighted by molar-refractivity contribution is 5.98. The monoisotopic (exact) mass is 797 g/mol. The summed E-state index contributed by atoms with van der Waals surface area (Å²) < 4.78 is 0. The zero-order valence-electron chi connectivity index (χ0n) is 30.7. The Morgan fingerprint density at radius 3 is 1.80 bits per heavy atom. The summed E-state index contributed by atoms with van der Waals surface area (Å²) in [5, 5.41) is 105. The molecule has 312 valence electrons. The molecule has 0 saturated carbocycles. The number of hydrogen-bond donors (Lipinski definition) is 14. The molecule has 22 heteroatoms. The van der Waals surface area contributed by atoms with Crippen LogP contribution in [0.2, 0.25) is 0 Å². The Morgan fingerprint density at radius 1 is 0.696 bits per heavy atom. The highest BCUT2D eigenvalue weighted by Gasteiger charge is 2.50. The molecule has 3 aliphatic heterocycles. The number of nitrogens with two attached hydrogens (primary N) is 1. The van der Waals surface area contributed by atoms with Crippen LogP contribution in [0.25, 0.3) is 0 Å². The van der Waals surface area contributed by atoms with E-state index in [-0.39, 0.29) is 17.9 Å². The lowest BCUT2D eigenvalue weighted by Gasteiger charge is -2.34. The summed E-state index contributed by atoms with van der Waals surface area (Å²) in [4.78, 5) is 83.9. The van der Waals surface area contributed by atoms with Crippen molar-refractivity contribution in [2.24, 2.45) is 11.7 Å². The maximum Gasteiger partial charge on any atom is 0.248 e. The second kappa shape index (κ2) is 18.2. The van der Waals surface area contributed by atoms with E-state index in [4.69, 9.17) is 5.73 Å². The van der Waals surface area contributed by atoms with Crippen molar-refractivity contribution in [1.29, 1.82) is 0 Å². The number of benzene rings is 1. The van der Waals surface area contributed by atoms with Crippen molar-refractivity contribution < 1.29 is 74.7 Å². The van der Waals surface area contributed by atoms with Crippen LogP contribution in [0.1, 0.15) is 45.3 Å². The van der Waals surface area contributed by atoms with Crippen LogP contribution in [0.3, 0.4) is 0 Å². The topological polar surface area (TPSA) is 365 Å². The van der Waals surface area contributed by atoms with Gasteiger partial charge in [-0.05, 0) is 31.5 Å². The average Bonchev–Trinajstić information content (AvgIpc) is 3.68. The molecule has 1 aromatic carbocycles. The van der Waals surface area contributed by atoms with Crippen molar-refractivity contribution in [2.75, 3.05) is 13.1 Å². The van der Waals surface area contributed by atoms with Crippen LogP contribution in [0.15, 0.2) is 24.3 Å². The van der Waals surface area contributed by atoms with Gasteiger partial charge in [0.15, 0.2) is 6.23 Å². The minimum atomic E-state index is -2.24. The van der Waals surface area contributed by atoms with Crippen molar-refractivity contribution in [3.8, 4) is 5.75 Å². The quantitative estimate of drug-likeness (QED) is 0.132. The van der Waals surface area contributed by atoms with Gasteiger partial charge >= 0.3 is 0 Å². The summed E-state index contributed by atoms with van der Waals surface area (Å²) in [6, 6.07) is -6.28. The van der Waals surface area contributed by atoms with E-state index in [2.05, 4.69) is 16.0 Å². The molecule has 3 fully saturated rings. The molecule has 22 nitrogen and oxygen atoms in total. The lowest BCUT2D eigenvalue weighted by Crippen LogP contribution is -2.64. The maximum atomic E-state index is 14.0. The third-order valence-electron chi connectivity index (χ3n) is 10.2. The highest BCUT2D eigenvalue weighted by atomic mass is 16.3. The SMILES string of the molecule is C[C@@H](O)[C@@H]1NC(=O)[C@@H](N)C[C@@H](O)[C@@H](O)NC(=O)[C@H]2[C@@H](O)[C@@H](C)CN2C(=O)[C@H]([C@@H](C)O)NC(=O)[C@H]([C@H](O)[C@H](O)c2ccc(O)cc2)NC(=O)[C@@H]2C[C@@H](O)CN2C1=O. The van der Waals surface area contributed by atoms with Gasteiger partial charge in [-0.25, -0.2) is 0 Å². The number of carbonyl (C=O) groups is 6. The number of amides is 6. The third-order valence-corrected chi connectivity index (χ3v) is 10.2. The first-order valence-corrected chi connectivity index (χ1v) is 18.0. The van der Waals surface area contributed by atoms with Crippen LogP contribution in [0.4, 0.5) is 0 Å². The molecule has 1 aromatic rings. The van der Waals surface area contributed by atoms with E-state index in [0.717, 1.165) is 35.8 Å². The largest absolute Gasteiger partial charge is 0.508 e. The first kappa shape index (κ1) is 44.2. The smallest absolute Gasteiger partial charge is 0.248 e. The number of phenols is 1. The first-order chi connectivity index (χ1) is 26.1. The van der Waals surface area contributed by atoms with Gasteiger partial charge in [0.2, 0.25) is 35.4 Å². The third kappa shape index (κ3) is 9.70. The second-order valence-corrected chi connectivity index (χ2v) is 14.6. The van der Waals surface area contributed by atoms with Crippen molar-refractivity contribution in [2.45, 2.75) is 119 Å². The molecule has 0 spiro atoms. The zero-order chi connectivity index (χ0) is 41.9. The molecule has 3 saturated heterocycles. The van der Waals surface area contributed by atoms with Crippen molar-refractivity contribution in [1.82, 2.24) is 31.1 Å². The van der Waals surface area contributed by atoms with Gasteiger partial charge in [-0.3, -0.25) is 28.8 Å². The number of aliphatic hydroxyl groups excluding tert-OH is 8. The van der Waals surface area contributed by atoms with Gasteiger partial charge in [-0.15, -0.1) is 0 Å². The Hall–Kier alpha value is -4.52. The number of nitrogens with zero attached hydrogens (tertiary/aromatic N) is 2. The predicted molar refractivity (Wildman–Crippen MR) is 188 cm³/mol. The molecule has 0 aromatic heterocycles. The van der Waals surface area contributed by atoms with Crippen LogP contribution >= 0.6 is 0 Å². The Labute approximate surface area is 320 Å². The molecule has 0 radical (unpaired) electrons. The summed E-state index contributed by atoms with van der Waals surface area (Å²) in [5.74, 6) is -8.12. The Morgan fingerprint density at radius 2 is 1.23 bits per heavy atom. The lowest BCUT2D eigenvalue weighted by molar-refractivity contribution is -0.148. The van der Waals surface area contributed by atoms with Crippen LogP contribution in [-0.2, 0) is 28.8 Å². The van der Waals surface area contributed by atoms with E-state index in [9.17, 15) is 74.7 Å². The van der Waals surface area contributed by atoms with Crippen molar-refractivity contribution in [3.63, 3.8) is 0 Å². The van der Waals surface area contributed by atoms with Gasteiger partial charge in [0.1, 0.15) is 54.3 Å². The number of hydrogen-bond acceptors (Lipinski definition) is 16. The minimum Gasteiger partial charge on any atom is -0.508 e. The number of aromatic hydroxyl groups is 1. The van der Waals surface area contributed by atoms with E-state index in [1.165, 1.54) is 19.1 Å². The molecular formula is C34H51N7O15. The molecule has 3 heterocycles. The van der Waals surface area contributed by atoms with E-state index in [1.54, 1.807) is 0 Å². The molecule has 3 aliphatic rings. The van der Waals surface area contributed by atoms with E-state index in [0.29, 0.717) is 0 Å². The standard InChI is InChI=1S/C34H51N7O15/c1-12-10-41-24(25(12)47)32(54)39-30(52)20(46)9-18(35)28(50)36-21(13(2)42)33(55)40-11-17(45)8-19(40)29(51)38-23(31(53)37-22(14(3)43)34(41)56)27(49)26(48)15-4-6-16(44)7-5-15/h4-7,12-14,17-27,30,42-49,52H,8-11,35H2,1-3H3,(H,36,50)(H,37,53)(H,38,51)(H,39,54)/t12-,13+,14+,17+,18-,19-,20+,21-,22-,23-,24+,25-,26+,27-,30+/m0/s1. The van der Waals surface area contributed by atoms with Gasteiger partial charge in [-0.2, -0.15) is 0 Å². The molecule has 15 atom stereocenters. The Bertz CT molecular complexity index is 1620. The fourth-order valence-electron chi connectivity index (χ4n) is 6.92. The number of rotatable bonds is 5. The van der Waals surface area contributed by atoms with Crippen LogP contribution in [-0.4, -0.2) is 183 Å². The number of aliphatic hydroxyl groups is 8. The van der Waals surface area contributed by atoms with Gasteiger partial charge in [-0.1, -0.05) is 19.1 Å². The van der Waals surface area contributed by atoms with Crippen molar-refractivity contribution >= 4 is 35.4 Å². The Balaban J connectivity index is 1.80. The van der Waals surface area contributed by atoms with Gasteiger partial charge in [0.05, 0.1) is 30.5 Å².